The number of methoxy groups -OCH3 is 2. The molecule has 8 heteroatoms. The number of carbonyl (C=O) groups excluding carboxylic acids is 1. The van der Waals surface area contributed by atoms with Crippen molar-refractivity contribution in [3.05, 3.63) is 58.1 Å². The second-order valence-corrected chi connectivity index (χ2v) is 5.48. The fraction of sp³-hybridized carbons (Fsp3) is 0.278. The molecule has 0 spiro atoms. The van der Waals surface area contributed by atoms with Gasteiger partial charge in [-0.3, -0.25) is 14.9 Å². The highest BCUT2D eigenvalue weighted by Gasteiger charge is 2.13. The third kappa shape index (κ3) is 4.85. The highest BCUT2D eigenvalue weighted by atomic mass is 16.6. The van der Waals surface area contributed by atoms with Crippen molar-refractivity contribution >= 4 is 11.6 Å². The Hall–Kier alpha value is -3.29. The van der Waals surface area contributed by atoms with Crippen molar-refractivity contribution < 1.29 is 23.9 Å². The predicted octanol–water partition coefficient (Wildman–Crippen LogP) is 2.65. The first-order valence-electron chi connectivity index (χ1n) is 7.76. The van der Waals surface area contributed by atoms with E-state index in [-0.39, 0.29) is 24.0 Å². The number of benzene rings is 2. The van der Waals surface area contributed by atoms with Crippen molar-refractivity contribution in [2.45, 2.75) is 6.54 Å². The van der Waals surface area contributed by atoms with Crippen LogP contribution in [-0.2, 0) is 11.3 Å². The van der Waals surface area contributed by atoms with E-state index < -0.39 is 4.92 Å². The van der Waals surface area contributed by atoms with Crippen LogP contribution in [0.1, 0.15) is 5.56 Å². The molecule has 26 heavy (non-hydrogen) atoms. The highest BCUT2D eigenvalue weighted by molar-refractivity contribution is 5.77. The van der Waals surface area contributed by atoms with Crippen molar-refractivity contribution in [2.75, 3.05) is 27.9 Å². The maximum atomic E-state index is 12.2. The SMILES string of the molecule is COc1ccc(CN(C)C(=O)COc2cccc([N+](=O)[O-])c2)cc1OC. The molecule has 0 heterocycles. The molecule has 0 aliphatic carbocycles. The Balaban J connectivity index is 1.95. The van der Waals surface area contributed by atoms with Crippen LogP contribution in [0.5, 0.6) is 17.2 Å². The van der Waals surface area contributed by atoms with Crippen LogP contribution in [0, 0.1) is 10.1 Å². The molecule has 0 radical (unpaired) electrons. The Kier molecular flexibility index (Phi) is 6.37. The number of amides is 1. The topological polar surface area (TPSA) is 91.1 Å². The van der Waals surface area contributed by atoms with Crippen LogP contribution in [0.4, 0.5) is 5.69 Å². The standard InChI is InChI=1S/C18H20N2O6/c1-19(11-13-7-8-16(24-2)17(9-13)25-3)18(21)12-26-15-6-4-5-14(10-15)20(22)23/h4-10H,11-12H2,1-3H3. The molecule has 0 fully saturated rings. The average molecular weight is 360 g/mol. The van der Waals surface area contributed by atoms with Gasteiger partial charge in [0.15, 0.2) is 18.1 Å². The zero-order chi connectivity index (χ0) is 19.1. The summed E-state index contributed by atoms with van der Waals surface area (Å²) in [7, 11) is 4.75. The molecule has 0 aliphatic heterocycles. The number of nitrogens with zero attached hydrogens (tertiary/aromatic N) is 2. The van der Waals surface area contributed by atoms with Gasteiger partial charge in [0.2, 0.25) is 0 Å². The van der Waals surface area contributed by atoms with E-state index in [1.54, 1.807) is 39.5 Å². The predicted molar refractivity (Wildman–Crippen MR) is 94.6 cm³/mol. The number of ether oxygens (including phenoxy) is 3. The molecule has 0 saturated carbocycles. The number of hydrogen-bond acceptors (Lipinski definition) is 6. The number of likely N-dealkylation sites (N-methyl/N-ethyl adjacent to an activating group) is 1. The Morgan fingerprint density at radius 1 is 1.12 bits per heavy atom. The molecule has 0 saturated heterocycles. The lowest BCUT2D eigenvalue weighted by molar-refractivity contribution is -0.384. The molecule has 0 aromatic heterocycles. The molecule has 2 aromatic rings. The summed E-state index contributed by atoms with van der Waals surface area (Å²) >= 11 is 0. The Morgan fingerprint density at radius 2 is 1.85 bits per heavy atom. The van der Waals surface area contributed by atoms with Gasteiger partial charge < -0.3 is 19.1 Å². The average Bonchev–Trinajstić information content (AvgIpc) is 2.66. The Labute approximate surface area is 151 Å². The lowest BCUT2D eigenvalue weighted by Crippen LogP contribution is -2.30. The molecule has 8 nitrogen and oxygen atoms in total. The summed E-state index contributed by atoms with van der Waals surface area (Å²) in [6.07, 6.45) is 0. The van der Waals surface area contributed by atoms with E-state index in [9.17, 15) is 14.9 Å². The second-order valence-electron chi connectivity index (χ2n) is 5.48. The first-order valence-corrected chi connectivity index (χ1v) is 7.76. The molecule has 2 aromatic carbocycles. The highest BCUT2D eigenvalue weighted by Crippen LogP contribution is 2.28. The maximum absolute atomic E-state index is 12.2. The van der Waals surface area contributed by atoms with E-state index in [0.717, 1.165) is 5.56 Å². The Bertz CT molecular complexity index is 793. The number of nitro groups is 1. The smallest absolute Gasteiger partial charge is 0.273 e. The normalized spacial score (nSPS) is 10.1. The van der Waals surface area contributed by atoms with Crippen molar-refractivity contribution in [1.82, 2.24) is 4.90 Å². The van der Waals surface area contributed by atoms with Gasteiger partial charge in [-0.05, 0) is 23.8 Å². The van der Waals surface area contributed by atoms with Gasteiger partial charge in [0.25, 0.3) is 11.6 Å². The minimum Gasteiger partial charge on any atom is -0.493 e. The summed E-state index contributed by atoms with van der Waals surface area (Å²) in [6, 6.07) is 11.1. The molecule has 2 rings (SSSR count). The molecular weight excluding hydrogens is 340 g/mol. The fourth-order valence-electron chi connectivity index (χ4n) is 2.28. The van der Waals surface area contributed by atoms with Crippen molar-refractivity contribution in [3.63, 3.8) is 0 Å². The van der Waals surface area contributed by atoms with Gasteiger partial charge in [-0.1, -0.05) is 12.1 Å². The van der Waals surface area contributed by atoms with Crippen molar-refractivity contribution in [3.8, 4) is 17.2 Å². The fourth-order valence-corrected chi connectivity index (χ4v) is 2.28. The number of carbonyl (C=O) groups is 1. The lowest BCUT2D eigenvalue weighted by atomic mass is 10.2. The van der Waals surface area contributed by atoms with E-state index in [0.29, 0.717) is 18.0 Å². The van der Waals surface area contributed by atoms with Crippen LogP contribution in [0.25, 0.3) is 0 Å². The van der Waals surface area contributed by atoms with Gasteiger partial charge in [-0.2, -0.15) is 0 Å². The number of rotatable bonds is 8. The van der Waals surface area contributed by atoms with Crippen LogP contribution in [0.2, 0.25) is 0 Å². The molecule has 0 atom stereocenters. The quantitative estimate of drug-likeness (QED) is 0.531. The van der Waals surface area contributed by atoms with Gasteiger partial charge in [0.05, 0.1) is 25.2 Å². The van der Waals surface area contributed by atoms with Crippen LogP contribution in [0.15, 0.2) is 42.5 Å². The lowest BCUT2D eigenvalue weighted by Gasteiger charge is -2.18. The first-order chi connectivity index (χ1) is 12.4. The summed E-state index contributed by atoms with van der Waals surface area (Å²) in [5.74, 6) is 1.20. The van der Waals surface area contributed by atoms with E-state index in [1.807, 2.05) is 6.07 Å². The molecular formula is C18H20N2O6. The van der Waals surface area contributed by atoms with Crippen LogP contribution >= 0.6 is 0 Å². The van der Waals surface area contributed by atoms with Gasteiger partial charge in [-0.15, -0.1) is 0 Å². The zero-order valence-electron chi connectivity index (χ0n) is 14.8. The number of hydrogen-bond donors (Lipinski definition) is 0. The van der Waals surface area contributed by atoms with Crippen LogP contribution < -0.4 is 14.2 Å². The summed E-state index contributed by atoms with van der Waals surface area (Å²) in [4.78, 5) is 24.0. The van der Waals surface area contributed by atoms with Crippen LogP contribution in [-0.4, -0.2) is 43.6 Å². The third-order valence-corrected chi connectivity index (χ3v) is 3.68. The van der Waals surface area contributed by atoms with Crippen LogP contribution in [0.3, 0.4) is 0 Å². The van der Waals surface area contributed by atoms with E-state index in [4.69, 9.17) is 14.2 Å². The van der Waals surface area contributed by atoms with E-state index >= 15 is 0 Å². The van der Waals surface area contributed by atoms with E-state index in [2.05, 4.69) is 0 Å². The number of non-ortho nitro benzene ring substituents is 1. The Morgan fingerprint density at radius 3 is 2.50 bits per heavy atom. The molecule has 0 aliphatic rings. The second kappa shape index (κ2) is 8.70. The molecule has 0 unspecified atom stereocenters. The minimum atomic E-state index is -0.516. The van der Waals surface area contributed by atoms with E-state index in [1.165, 1.54) is 23.1 Å². The van der Waals surface area contributed by atoms with Gasteiger partial charge in [-0.25, -0.2) is 0 Å². The summed E-state index contributed by atoms with van der Waals surface area (Å²) in [6.45, 7) is 0.141. The molecule has 1 amide bonds. The summed E-state index contributed by atoms with van der Waals surface area (Å²) in [5.41, 5.74) is 0.780. The van der Waals surface area contributed by atoms with Crippen molar-refractivity contribution in [2.24, 2.45) is 0 Å². The molecule has 138 valence electrons. The number of nitro benzene ring substituents is 1. The van der Waals surface area contributed by atoms with Gasteiger partial charge in [0.1, 0.15) is 5.75 Å². The van der Waals surface area contributed by atoms with Crippen molar-refractivity contribution in [1.29, 1.82) is 0 Å². The summed E-state index contributed by atoms with van der Waals surface area (Å²) < 4.78 is 15.8. The zero-order valence-corrected chi connectivity index (χ0v) is 14.8. The monoisotopic (exact) mass is 360 g/mol. The summed E-state index contributed by atoms with van der Waals surface area (Å²) in [5, 5.41) is 10.8. The largest absolute Gasteiger partial charge is 0.493 e. The third-order valence-electron chi connectivity index (χ3n) is 3.68. The minimum absolute atomic E-state index is 0.0892. The molecule has 0 bridgehead atoms. The molecule has 0 N–H and O–H groups in total. The van der Waals surface area contributed by atoms with Gasteiger partial charge >= 0.3 is 0 Å². The maximum Gasteiger partial charge on any atom is 0.273 e. The first kappa shape index (κ1) is 19.0. The van der Waals surface area contributed by atoms with Gasteiger partial charge in [0, 0.05) is 19.7 Å².